The standard InChI is InChI=1S/C26H23ClF3N3O3/c1-25(2)16-11-13(27)9-10-17(16)32(3)18(25)12-15-21(34)19(22(15)35)20-23(26(28,29)30)31-33(24(20)36)14-7-5-4-6-8-14/h4-12,15,19,21-22,31H,1-3H3/q-2. The molecule has 2 atom stereocenters. The van der Waals surface area contributed by atoms with Gasteiger partial charge in [-0.3, -0.25) is 9.89 Å². The van der Waals surface area contributed by atoms with Crippen LogP contribution in [0.25, 0.3) is 5.69 Å². The number of fused-ring (bicyclic) bond motifs is 1. The molecular formula is C26H23ClF3N3O3-2. The number of aromatic nitrogens is 2. The van der Waals surface area contributed by atoms with Crippen molar-refractivity contribution in [2.45, 2.75) is 43.6 Å². The summed E-state index contributed by atoms with van der Waals surface area (Å²) < 4.78 is 42.4. The summed E-state index contributed by atoms with van der Waals surface area (Å²) in [6, 6.07) is 13.1. The van der Waals surface area contributed by atoms with E-state index in [1.807, 2.05) is 30.9 Å². The molecule has 6 nitrogen and oxygen atoms in total. The van der Waals surface area contributed by atoms with Gasteiger partial charge in [-0.15, -0.1) is 12.2 Å². The number of hydrogen-bond donors (Lipinski definition) is 1. The molecule has 1 fully saturated rings. The Hall–Kier alpha value is -3.01. The van der Waals surface area contributed by atoms with Crippen molar-refractivity contribution in [2.75, 3.05) is 11.9 Å². The number of nitrogens with zero attached hydrogens (tertiary/aromatic N) is 2. The van der Waals surface area contributed by atoms with E-state index in [-0.39, 0.29) is 5.69 Å². The third-order valence-electron chi connectivity index (χ3n) is 7.37. The lowest BCUT2D eigenvalue weighted by Gasteiger charge is -2.60. The lowest BCUT2D eigenvalue weighted by Crippen LogP contribution is -2.65. The highest BCUT2D eigenvalue weighted by Gasteiger charge is 2.47. The summed E-state index contributed by atoms with van der Waals surface area (Å²) in [5.74, 6) is -2.71. The first kappa shape index (κ1) is 24.7. The van der Waals surface area contributed by atoms with Gasteiger partial charge >= 0.3 is 6.18 Å². The first-order valence-corrected chi connectivity index (χ1v) is 11.8. The zero-order chi connectivity index (χ0) is 26.2. The van der Waals surface area contributed by atoms with Crippen LogP contribution < -0.4 is 20.7 Å². The highest BCUT2D eigenvalue weighted by molar-refractivity contribution is 6.30. The third-order valence-corrected chi connectivity index (χ3v) is 7.60. The molecule has 190 valence electrons. The normalized spacial score (nSPS) is 26.2. The molecule has 1 aromatic heterocycles. The summed E-state index contributed by atoms with van der Waals surface area (Å²) in [6.45, 7) is 3.86. The van der Waals surface area contributed by atoms with E-state index in [2.05, 4.69) is 5.10 Å². The molecule has 36 heavy (non-hydrogen) atoms. The van der Waals surface area contributed by atoms with Crippen molar-refractivity contribution >= 4 is 17.3 Å². The van der Waals surface area contributed by atoms with E-state index in [1.54, 1.807) is 37.4 Å². The van der Waals surface area contributed by atoms with Crippen LogP contribution in [0.3, 0.4) is 0 Å². The fourth-order valence-corrected chi connectivity index (χ4v) is 5.62. The Morgan fingerprint density at radius 1 is 1.08 bits per heavy atom. The minimum atomic E-state index is -4.94. The largest absolute Gasteiger partial charge is 0.851 e. The summed E-state index contributed by atoms with van der Waals surface area (Å²) >= 11 is 6.17. The van der Waals surface area contributed by atoms with Crippen LogP contribution in [-0.2, 0) is 11.6 Å². The monoisotopic (exact) mass is 517 g/mol. The molecule has 2 unspecified atom stereocenters. The molecule has 0 bridgehead atoms. The average Bonchev–Trinajstić information content (AvgIpc) is 3.24. The smallest absolute Gasteiger partial charge is 0.433 e. The quantitative estimate of drug-likeness (QED) is 0.577. The van der Waals surface area contributed by atoms with Crippen molar-refractivity contribution in [1.82, 2.24) is 9.78 Å². The molecule has 1 aliphatic heterocycles. The Morgan fingerprint density at radius 2 is 1.72 bits per heavy atom. The third kappa shape index (κ3) is 3.60. The molecule has 2 heterocycles. The van der Waals surface area contributed by atoms with Gasteiger partial charge in [0, 0.05) is 28.9 Å². The van der Waals surface area contributed by atoms with E-state index in [0.29, 0.717) is 10.7 Å². The molecule has 1 aliphatic carbocycles. The number of H-pyrrole nitrogens is 1. The van der Waals surface area contributed by atoms with Crippen LogP contribution in [-0.4, -0.2) is 29.0 Å². The van der Waals surface area contributed by atoms with Crippen molar-refractivity contribution in [2.24, 2.45) is 5.92 Å². The maximum Gasteiger partial charge on any atom is 0.433 e. The van der Waals surface area contributed by atoms with E-state index >= 15 is 0 Å². The van der Waals surface area contributed by atoms with E-state index in [1.165, 1.54) is 12.1 Å². The van der Waals surface area contributed by atoms with Gasteiger partial charge in [0.05, 0.1) is 11.3 Å². The Morgan fingerprint density at radius 3 is 2.33 bits per heavy atom. The van der Waals surface area contributed by atoms with Crippen LogP contribution in [0.5, 0.6) is 0 Å². The first-order chi connectivity index (χ1) is 16.8. The van der Waals surface area contributed by atoms with E-state index < -0.39 is 52.5 Å². The van der Waals surface area contributed by atoms with Gasteiger partial charge in [0.25, 0.3) is 5.56 Å². The van der Waals surface area contributed by atoms with Gasteiger partial charge < -0.3 is 15.1 Å². The fourth-order valence-electron chi connectivity index (χ4n) is 5.45. The number of nitrogens with one attached hydrogen (secondary N) is 1. The van der Waals surface area contributed by atoms with Gasteiger partial charge in [0.2, 0.25) is 0 Å². The number of alkyl halides is 3. The molecule has 5 rings (SSSR count). The van der Waals surface area contributed by atoms with Crippen molar-refractivity contribution in [3.63, 3.8) is 0 Å². The number of aromatic amines is 1. The molecule has 1 saturated carbocycles. The number of likely N-dealkylation sites (N-methyl/N-ethyl adjacent to an activating group) is 1. The molecule has 0 radical (unpaired) electrons. The second kappa shape index (κ2) is 8.26. The molecule has 2 aromatic carbocycles. The van der Waals surface area contributed by atoms with Crippen molar-refractivity contribution < 1.29 is 23.4 Å². The maximum absolute atomic E-state index is 13.9. The summed E-state index contributed by atoms with van der Waals surface area (Å²) in [5, 5.41) is 29.1. The SMILES string of the molecule is CN1C(=CC2C([O-])C(c3c(C(F)(F)F)[nH]n(-c4ccccc4)c3=O)C2[O-])C(C)(C)c2cc(Cl)ccc21. The molecule has 10 heteroatoms. The lowest BCUT2D eigenvalue weighted by atomic mass is 9.64. The highest BCUT2D eigenvalue weighted by atomic mass is 35.5. The van der Waals surface area contributed by atoms with Crippen LogP contribution in [0.15, 0.2) is 65.1 Å². The maximum atomic E-state index is 13.9. The Labute approximate surface area is 210 Å². The number of allylic oxidation sites excluding steroid dienone is 1. The number of rotatable bonds is 3. The predicted molar refractivity (Wildman–Crippen MR) is 126 cm³/mol. The van der Waals surface area contributed by atoms with E-state index in [9.17, 15) is 28.2 Å². The van der Waals surface area contributed by atoms with Gasteiger partial charge in [0.1, 0.15) is 5.69 Å². The Bertz CT molecular complexity index is 1400. The number of para-hydroxylation sites is 1. The zero-order valence-corrected chi connectivity index (χ0v) is 20.4. The number of halogens is 4. The van der Waals surface area contributed by atoms with Crippen LogP contribution in [0, 0.1) is 5.92 Å². The highest BCUT2D eigenvalue weighted by Crippen LogP contribution is 2.50. The first-order valence-electron chi connectivity index (χ1n) is 11.4. The molecule has 0 saturated heterocycles. The van der Waals surface area contributed by atoms with Gasteiger partial charge in [0.15, 0.2) is 0 Å². The van der Waals surface area contributed by atoms with Gasteiger partial charge in [-0.2, -0.15) is 13.2 Å². The van der Waals surface area contributed by atoms with Gasteiger partial charge in [-0.05, 0) is 47.7 Å². The molecule has 0 spiro atoms. The molecular weight excluding hydrogens is 495 g/mol. The van der Waals surface area contributed by atoms with Crippen LogP contribution >= 0.6 is 11.6 Å². The lowest BCUT2D eigenvalue weighted by molar-refractivity contribution is -0.543. The zero-order valence-electron chi connectivity index (χ0n) is 19.6. The average molecular weight is 518 g/mol. The van der Waals surface area contributed by atoms with E-state index in [0.717, 1.165) is 15.9 Å². The second-order valence-corrected chi connectivity index (χ2v) is 10.2. The van der Waals surface area contributed by atoms with Crippen molar-refractivity contribution in [1.29, 1.82) is 0 Å². The second-order valence-electron chi connectivity index (χ2n) is 9.80. The van der Waals surface area contributed by atoms with Crippen LogP contribution in [0.1, 0.15) is 36.6 Å². The fraction of sp³-hybridized carbons (Fsp3) is 0.346. The van der Waals surface area contributed by atoms with Crippen molar-refractivity contribution in [3.05, 3.63) is 92.5 Å². The summed E-state index contributed by atoms with van der Waals surface area (Å²) in [5.41, 5.74) is -1.11. The predicted octanol–water partition coefficient (Wildman–Crippen LogP) is 3.32. The van der Waals surface area contributed by atoms with Crippen molar-refractivity contribution in [3.8, 4) is 5.69 Å². The summed E-state index contributed by atoms with van der Waals surface area (Å²) in [4.78, 5) is 14.9. The van der Waals surface area contributed by atoms with Crippen LogP contribution in [0.4, 0.5) is 18.9 Å². The minimum absolute atomic E-state index is 0.174. The molecule has 2 aliphatic rings. The Balaban J connectivity index is 1.53. The molecule has 3 aromatic rings. The molecule has 1 N–H and O–H groups in total. The molecule has 0 amide bonds. The number of hydrogen-bond acceptors (Lipinski definition) is 4. The topological polar surface area (TPSA) is 87.2 Å². The van der Waals surface area contributed by atoms with Crippen LogP contribution in [0.2, 0.25) is 5.02 Å². The summed E-state index contributed by atoms with van der Waals surface area (Å²) in [6.07, 6.45) is -6.78. The summed E-state index contributed by atoms with van der Waals surface area (Å²) in [7, 11) is 1.80. The van der Waals surface area contributed by atoms with E-state index in [4.69, 9.17) is 11.6 Å². The number of benzene rings is 2. The Kier molecular flexibility index (Phi) is 5.66. The minimum Gasteiger partial charge on any atom is -0.851 e. The van der Waals surface area contributed by atoms with Gasteiger partial charge in [-0.25, -0.2) is 4.68 Å². The van der Waals surface area contributed by atoms with Gasteiger partial charge in [-0.1, -0.05) is 49.7 Å². The number of anilines is 1.